The van der Waals surface area contributed by atoms with E-state index in [1.165, 1.54) is 33.5 Å². The summed E-state index contributed by atoms with van der Waals surface area (Å²) in [7, 11) is -3.64. The number of para-hydroxylation sites is 1. The fraction of sp³-hybridized carbons (Fsp3) is 0.368. The Bertz CT molecular complexity index is 923. The lowest BCUT2D eigenvalue weighted by Gasteiger charge is -2.31. The van der Waals surface area contributed by atoms with E-state index in [4.69, 9.17) is 4.74 Å². The third-order valence-corrected chi connectivity index (χ3v) is 6.74. The van der Waals surface area contributed by atoms with Gasteiger partial charge in [-0.2, -0.15) is 4.31 Å². The zero-order valence-corrected chi connectivity index (χ0v) is 16.5. The van der Waals surface area contributed by atoms with Gasteiger partial charge in [-0.05, 0) is 31.2 Å². The molecule has 0 bridgehead atoms. The lowest BCUT2D eigenvalue weighted by Crippen LogP contribution is -3.13. The van der Waals surface area contributed by atoms with Gasteiger partial charge in [-0.15, -0.1) is 0 Å². The van der Waals surface area contributed by atoms with Crippen molar-refractivity contribution < 1.29 is 23.0 Å². The molecule has 1 aliphatic rings. The molecule has 1 heterocycles. The average Bonchev–Trinajstić information content (AvgIpc) is 2.70. The Kier molecular flexibility index (Phi) is 6.28. The second-order valence-electron chi connectivity index (χ2n) is 6.62. The standard InChI is InChI=1S/C19H23N3O5S/c1-2-27-19-6-4-3-5-16(19)15-20-11-13-21(14-12-20)28(25,26)18-9-7-17(8-10-18)22(23)24/h3-10H,2,11-15H2,1H3/p+1. The van der Waals surface area contributed by atoms with E-state index in [1.54, 1.807) is 0 Å². The minimum absolute atomic E-state index is 0.0863. The predicted octanol–water partition coefficient (Wildman–Crippen LogP) is 1.08. The summed E-state index contributed by atoms with van der Waals surface area (Å²) in [5.41, 5.74) is 0.993. The van der Waals surface area contributed by atoms with Gasteiger partial charge in [0.1, 0.15) is 12.3 Å². The number of nitrogens with zero attached hydrogens (tertiary/aromatic N) is 2. The highest BCUT2D eigenvalue weighted by atomic mass is 32.2. The van der Waals surface area contributed by atoms with Crippen LogP contribution in [0.2, 0.25) is 0 Å². The second kappa shape index (κ2) is 8.68. The normalized spacial score (nSPS) is 16.0. The summed E-state index contributed by atoms with van der Waals surface area (Å²) in [4.78, 5) is 11.6. The second-order valence-corrected chi connectivity index (χ2v) is 8.56. The average molecular weight is 406 g/mol. The Labute approximate surface area is 164 Å². The minimum Gasteiger partial charge on any atom is -0.493 e. The highest BCUT2D eigenvalue weighted by Gasteiger charge is 2.31. The van der Waals surface area contributed by atoms with Crippen LogP contribution in [-0.4, -0.2) is 50.4 Å². The third-order valence-electron chi connectivity index (χ3n) is 4.83. The summed E-state index contributed by atoms with van der Waals surface area (Å²) in [6.45, 7) is 5.52. The molecule has 150 valence electrons. The molecule has 1 fully saturated rings. The number of hydrogen-bond acceptors (Lipinski definition) is 5. The van der Waals surface area contributed by atoms with Crippen LogP contribution in [0, 0.1) is 10.1 Å². The third kappa shape index (κ3) is 4.49. The zero-order chi connectivity index (χ0) is 20.1. The maximum absolute atomic E-state index is 12.8. The lowest BCUT2D eigenvalue weighted by molar-refractivity contribution is -0.917. The van der Waals surface area contributed by atoms with Crippen LogP contribution in [-0.2, 0) is 16.6 Å². The van der Waals surface area contributed by atoms with Crippen LogP contribution in [0.5, 0.6) is 5.75 Å². The summed E-state index contributed by atoms with van der Waals surface area (Å²) in [6, 6.07) is 12.9. The Hall–Kier alpha value is -2.49. The van der Waals surface area contributed by atoms with E-state index in [0.29, 0.717) is 32.8 Å². The summed E-state index contributed by atoms with van der Waals surface area (Å²) >= 11 is 0. The van der Waals surface area contributed by atoms with Gasteiger partial charge in [0.25, 0.3) is 5.69 Å². The molecule has 2 aromatic rings. The van der Waals surface area contributed by atoms with Crippen LogP contribution in [0.4, 0.5) is 5.69 Å². The van der Waals surface area contributed by atoms with E-state index in [9.17, 15) is 18.5 Å². The zero-order valence-electron chi connectivity index (χ0n) is 15.7. The van der Waals surface area contributed by atoms with Crippen molar-refractivity contribution in [1.29, 1.82) is 0 Å². The Balaban J connectivity index is 1.64. The molecule has 0 radical (unpaired) electrons. The van der Waals surface area contributed by atoms with Gasteiger partial charge < -0.3 is 9.64 Å². The maximum atomic E-state index is 12.8. The van der Waals surface area contributed by atoms with Crippen molar-refractivity contribution in [3.8, 4) is 5.75 Å². The fourth-order valence-corrected chi connectivity index (χ4v) is 4.77. The monoisotopic (exact) mass is 406 g/mol. The van der Waals surface area contributed by atoms with Gasteiger partial charge in [0, 0.05) is 17.7 Å². The first-order valence-electron chi connectivity index (χ1n) is 9.20. The van der Waals surface area contributed by atoms with Crippen molar-refractivity contribution >= 4 is 15.7 Å². The number of nitro groups is 1. The van der Waals surface area contributed by atoms with Crippen LogP contribution in [0.3, 0.4) is 0 Å². The topological polar surface area (TPSA) is 94.2 Å². The summed E-state index contributed by atoms with van der Waals surface area (Å²) in [6.07, 6.45) is 0. The van der Waals surface area contributed by atoms with E-state index in [-0.39, 0.29) is 10.6 Å². The number of piperazine rings is 1. The smallest absolute Gasteiger partial charge is 0.269 e. The van der Waals surface area contributed by atoms with Crippen molar-refractivity contribution in [3.63, 3.8) is 0 Å². The van der Waals surface area contributed by atoms with Crippen LogP contribution in [0.25, 0.3) is 0 Å². The highest BCUT2D eigenvalue weighted by molar-refractivity contribution is 7.89. The highest BCUT2D eigenvalue weighted by Crippen LogP contribution is 2.20. The molecular formula is C19H24N3O5S+. The largest absolute Gasteiger partial charge is 0.493 e. The minimum atomic E-state index is -3.64. The SMILES string of the molecule is CCOc1ccccc1C[NH+]1CCN(S(=O)(=O)c2ccc([N+](=O)[O-])cc2)CC1. The molecule has 0 saturated carbocycles. The van der Waals surface area contributed by atoms with Crippen LogP contribution in [0.1, 0.15) is 12.5 Å². The van der Waals surface area contributed by atoms with Gasteiger partial charge in [-0.25, -0.2) is 8.42 Å². The molecule has 2 aromatic carbocycles. The molecule has 3 rings (SSSR count). The number of benzene rings is 2. The Morgan fingerprint density at radius 1 is 1.11 bits per heavy atom. The van der Waals surface area contributed by atoms with E-state index >= 15 is 0 Å². The van der Waals surface area contributed by atoms with Crippen molar-refractivity contribution in [2.45, 2.75) is 18.4 Å². The predicted molar refractivity (Wildman–Crippen MR) is 104 cm³/mol. The first-order valence-corrected chi connectivity index (χ1v) is 10.6. The first-order chi connectivity index (χ1) is 13.4. The molecule has 1 saturated heterocycles. The van der Waals surface area contributed by atoms with Gasteiger partial charge in [0.15, 0.2) is 0 Å². The van der Waals surface area contributed by atoms with Crippen LogP contribution >= 0.6 is 0 Å². The van der Waals surface area contributed by atoms with Gasteiger partial charge >= 0.3 is 0 Å². The Morgan fingerprint density at radius 2 is 1.75 bits per heavy atom. The number of ether oxygens (including phenoxy) is 1. The number of hydrogen-bond donors (Lipinski definition) is 1. The molecule has 1 N–H and O–H groups in total. The molecule has 0 amide bonds. The quantitative estimate of drug-likeness (QED) is 0.549. The van der Waals surface area contributed by atoms with E-state index in [1.807, 2.05) is 31.2 Å². The molecule has 0 unspecified atom stereocenters. The molecule has 0 aromatic heterocycles. The first kappa shape index (κ1) is 20.2. The lowest BCUT2D eigenvalue weighted by atomic mass is 10.2. The van der Waals surface area contributed by atoms with E-state index in [0.717, 1.165) is 17.9 Å². The fourth-order valence-electron chi connectivity index (χ4n) is 3.32. The number of non-ortho nitro benzene ring substituents is 1. The maximum Gasteiger partial charge on any atom is 0.269 e. The summed E-state index contributed by atoms with van der Waals surface area (Å²) in [5.74, 6) is 0.874. The number of rotatable bonds is 7. The number of nitro benzene ring substituents is 1. The molecule has 8 nitrogen and oxygen atoms in total. The number of nitrogens with one attached hydrogen (secondary N) is 1. The Morgan fingerprint density at radius 3 is 2.36 bits per heavy atom. The van der Waals surface area contributed by atoms with Gasteiger partial charge in [-0.1, -0.05) is 12.1 Å². The molecule has 1 aliphatic heterocycles. The molecule has 0 aliphatic carbocycles. The van der Waals surface area contributed by atoms with Crippen molar-refractivity contribution in [1.82, 2.24) is 4.31 Å². The van der Waals surface area contributed by atoms with Crippen molar-refractivity contribution in [2.24, 2.45) is 0 Å². The van der Waals surface area contributed by atoms with Crippen LogP contribution in [0.15, 0.2) is 53.4 Å². The van der Waals surface area contributed by atoms with Gasteiger partial charge in [0.2, 0.25) is 10.0 Å². The van der Waals surface area contributed by atoms with E-state index < -0.39 is 14.9 Å². The molecular weight excluding hydrogens is 382 g/mol. The number of sulfonamides is 1. The van der Waals surface area contributed by atoms with Gasteiger partial charge in [-0.3, -0.25) is 10.1 Å². The molecule has 9 heteroatoms. The summed E-state index contributed by atoms with van der Waals surface area (Å²) in [5, 5.41) is 10.7. The van der Waals surface area contributed by atoms with Gasteiger partial charge in [0.05, 0.1) is 42.6 Å². The van der Waals surface area contributed by atoms with Crippen LogP contribution < -0.4 is 9.64 Å². The molecule has 0 spiro atoms. The molecule has 0 atom stereocenters. The van der Waals surface area contributed by atoms with Crippen molar-refractivity contribution in [2.75, 3.05) is 32.8 Å². The van der Waals surface area contributed by atoms with E-state index in [2.05, 4.69) is 0 Å². The molecule has 28 heavy (non-hydrogen) atoms. The van der Waals surface area contributed by atoms with Crippen molar-refractivity contribution in [3.05, 3.63) is 64.2 Å². The number of quaternary nitrogens is 1. The summed E-state index contributed by atoms with van der Waals surface area (Å²) < 4.78 is 32.7.